The van der Waals surface area contributed by atoms with Gasteiger partial charge in [0.2, 0.25) is 0 Å². The SMILES string of the molecule is C=C(c1cc(Cl)c(C(C)(C)C)cc1OC)N(CCC)C(=O)N1CCN(C)CC1.C=CC=O.C=O.CCC.Oc1ccccc1.Oc1ccccc1. The molecule has 0 radical (unpaired) electrons. The number of phenolic OH excluding ortho intramolecular Hbond substituents is 2. The van der Waals surface area contributed by atoms with Crippen molar-refractivity contribution in [2.45, 2.75) is 59.8 Å². The highest BCUT2D eigenvalue weighted by atomic mass is 35.5. The molecule has 0 saturated carbocycles. The number of nitrogens with zero attached hydrogens (tertiary/aromatic N) is 3. The molecule has 282 valence electrons. The van der Waals surface area contributed by atoms with Gasteiger partial charge in [-0.15, -0.1) is 0 Å². The fourth-order valence-corrected chi connectivity index (χ4v) is 4.71. The van der Waals surface area contributed by atoms with Crippen molar-refractivity contribution >= 4 is 36.4 Å². The third-order valence-corrected chi connectivity index (χ3v) is 7.11. The maximum Gasteiger partial charge on any atom is 0.324 e. The van der Waals surface area contributed by atoms with E-state index >= 15 is 0 Å². The average molecular weight is 726 g/mol. The van der Waals surface area contributed by atoms with Crippen LogP contribution in [0.3, 0.4) is 0 Å². The largest absolute Gasteiger partial charge is 0.508 e. The number of carbonyl (C=O) groups excluding carboxylic acids is 3. The van der Waals surface area contributed by atoms with Crippen LogP contribution in [0.1, 0.15) is 65.5 Å². The second-order valence-electron chi connectivity index (χ2n) is 12.2. The number of rotatable bonds is 6. The highest BCUT2D eigenvalue weighted by molar-refractivity contribution is 6.31. The summed E-state index contributed by atoms with van der Waals surface area (Å²) in [7, 11) is 3.72. The van der Waals surface area contributed by atoms with E-state index in [4.69, 9.17) is 36.1 Å². The standard InChI is InChI=1S/C22H34ClN3O2.2C6H6O.C3H4O.C3H8.CH2O/c1-8-9-26(21(27)25-12-10-24(6)11-13-25)16(2)17-14-19(23)18(22(3,4)5)15-20(17)28-7;2*7-6-4-2-1-3-5-6;1-2-3-4;1-3-2;1-2/h14-15H,2,8-13H2,1,3-7H3;2*1-5,7H;2-3H,1H2;3H2,1-2H3;1H2. The molecule has 0 unspecified atom stereocenters. The molecule has 4 rings (SSSR count). The molecule has 1 saturated heterocycles. The van der Waals surface area contributed by atoms with Gasteiger partial charge in [0.15, 0.2) is 0 Å². The fourth-order valence-electron chi connectivity index (χ4n) is 4.26. The van der Waals surface area contributed by atoms with E-state index in [0.717, 1.165) is 43.7 Å². The Kier molecular flexibility index (Phi) is 26.8. The Labute approximate surface area is 311 Å². The van der Waals surface area contributed by atoms with E-state index in [1.807, 2.05) is 36.0 Å². The number of hydrogen-bond donors (Lipinski definition) is 2. The summed E-state index contributed by atoms with van der Waals surface area (Å²) in [5, 5.41) is 17.9. The Hall–Kier alpha value is -4.60. The molecule has 2 amide bonds. The van der Waals surface area contributed by atoms with Gasteiger partial charge in [-0.25, -0.2) is 4.79 Å². The molecular formula is C41H60ClN3O6. The highest BCUT2D eigenvalue weighted by Gasteiger charge is 2.28. The smallest absolute Gasteiger partial charge is 0.324 e. The normalized spacial score (nSPS) is 11.7. The number of piperazine rings is 1. The van der Waals surface area contributed by atoms with Gasteiger partial charge in [0, 0.05) is 49.0 Å². The number of likely N-dealkylation sites (N-methyl/N-ethyl adjacent to an activating group) is 1. The van der Waals surface area contributed by atoms with Gasteiger partial charge < -0.3 is 29.5 Å². The predicted octanol–water partition coefficient (Wildman–Crippen LogP) is 9.08. The van der Waals surface area contributed by atoms with Crippen LogP contribution < -0.4 is 4.74 Å². The molecule has 10 heteroatoms. The number of halogens is 1. The number of benzene rings is 3. The van der Waals surface area contributed by atoms with E-state index in [2.05, 4.69) is 66.6 Å². The Morgan fingerprint density at radius 1 is 0.922 bits per heavy atom. The molecule has 9 nitrogen and oxygen atoms in total. The maximum atomic E-state index is 13.2. The quantitative estimate of drug-likeness (QED) is 0.193. The van der Waals surface area contributed by atoms with E-state index < -0.39 is 0 Å². The summed E-state index contributed by atoms with van der Waals surface area (Å²) in [6, 6.07) is 21.3. The number of carbonyl (C=O) groups is 3. The molecule has 2 N–H and O–H groups in total. The lowest BCUT2D eigenvalue weighted by atomic mass is 9.86. The first kappa shape index (κ1) is 48.5. The number of allylic oxidation sites excluding steroid dienone is 1. The lowest BCUT2D eigenvalue weighted by molar-refractivity contribution is -0.104. The number of urea groups is 1. The number of methoxy groups -OCH3 is 1. The van der Waals surface area contributed by atoms with Gasteiger partial charge in [-0.05, 0) is 66.9 Å². The highest BCUT2D eigenvalue weighted by Crippen LogP contribution is 2.38. The van der Waals surface area contributed by atoms with Crippen molar-refractivity contribution in [3.8, 4) is 17.2 Å². The van der Waals surface area contributed by atoms with Crippen molar-refractivity contribution in [3.63, 3.8) is 0 Å². The first-order valence-corrected chi connectivity index (χ1v) is 17.2. The molecule has 1 aliphatic rings. The van der Waals surface area contributed by atoms with Crippen LogP contribution in [0.2, 0.25) is 5.02 Å². The van der Waals surface area contributed by atoms with E-state index in [9.17, 15) is 4.79 Å². The summed E-state index contributed by atoms with van der Waals surface area (Å²) in [6.07, 6.45) is 3.93. The number of aldehydes is 1. The van der Waals surface area contributed by atoms with Gasteiger partial charge in [0.05, 0.1) is 7.11 Å². The third kappa shape index (κ3) is 20.0. The number of aromatic hydroxyl groups is 2. The molecule has 0 spiro atoms. The van der Waals surface area contributed by atoms with Crippen LogP contribution >= 0.6 is 11.6 Å². The van der Waals surface area contributed by atoms with Crippen molar-refractivity contribution < 1.29 is 29.3 Å². The fraction of sp³-hybridized carbons (Fsp3) is 0.390. The lowest BCUT2D eigenvalue weighted by Gasteiger charge is -2.37. The summed E-state index contributed by atoms with van der Waals surface area (Å²) in [4.78, 5) is 36.2. The van der Waals surface area contributed by atoms with Gasteiger partial charge in [0.25, 0.3) is 0 Å². The number of para-hydroxylation sites is 2. The van der Waals surface area contributed by atoms with Crippen LogP contribution in [0.25, 0.3) is 5.70 Å². The molecular weight excluding hydrogens is 666 g/mol. The molecule has 1 aliphatic heterocycles. The molecule has 51 heavy (non-hydrogen) atoms. The van der Waals surface area contributed by atoms with Crippen molar-refractivity contribution in [2.75, 3.05) is 46.9 Å². The van der Waals surface area contributed by atoms with Gasteiger partial charge >= 0.3 is 6.03 Å². The Bertz CT molecular complexity index is 1350. The Morgan fingerprint density at radius 3 is 1.67 bits per heavy atom. The second-order valence-corrected chi connectivity index (χ2v) is 12.6. The van der Waals surface area contributed by atoms with Gasteiger partial charge in [-0.3, -0.25) is 9.69 Å². The first-order chi connectivity index (χ1) is 24.2. The van der Waals surface area contributed by atoms with Crippen molar-refractivity contribution in [3.05, 3.63) is 108 Å². The van der Waals surface area contributed by atoms with Crippen molar-refractivity contribution in [1.82, 2.24) is 14.7 Å². The number of hydrogen-bond acceptors (Lipinski definition) is 7. The summed E-state index contributed by atoms with van der Waals surface area (Å²) in [5.41, 5.74) is 2.29. The molecule has 0 aromatic heterocycles. The molecule has 0 bridgehead atoms. The predicted molar refractivity (Wildman–Crippen MR) is 213 cm³/mol. The number of phenols is 2. The van der Waals surface area contributed by atoms with E-state index in [1.54, 1.807) is 60.5 Å². The minimum atomic E-state index is -0.108. The number of amides is 2. The zero-order valence-electron chi connectivity index (χ0n) is 31.9. The number of ether oxygens (including phenoxy) is 1. The van der Waals surface area contributed by atoms with Crippen LogP contribution in [0.4, 0.5) is 4.79 Å². The van der Waals surface area contributed by atoms with E-state index in [-0.39, 0.29) is 11.4 Å². The molecule has 0 aliphatic carbocycles. The summed E-state index contributed by atoms with van der Waals surface area (Å²) < 4.78 is 5.65. The van der Waals surface area contributed by atoms with Crippen molar-refractivity contribution in [2.24, 2.45) is 0 Å². The van der Waals surface area contributed by atoms with E-state index in [1.165, 1.54) is 12.5 Å². The lowest BCUT2D eigenvalue weighted by Crippen LogP contribution is -2.51. The first-order valence-electron chi connectivity index (χ1n) is 16.9. The second kappa shape index (κ2) is 28.1. The van der Waals surface area contributed by atoms with Gasteiger partial charge in [0.1, 0.15) is 30.3 Å². The minimum Gasteiger partial charge on any atom is -0.508 e. The van der Waals surface area contributed by atoms with E-state index in [0.29, 0.717) is 40.8 Å². The van der Waals surface area contributed by atoms with Crippen LogP contribution in [0.5, 0.6) is 17.2 Å². The van der Waals surface area contributed by atoms with Crippen LogP contribution in [-0.2, 0) is 15.0 Å². The topological polar surface area (TPSA) is 111 Å². The van der Waals surface area contributed by atoms with Crippen LogP contribution in [0, 0.1) is 0 Å². The van der Waals surface area contributed by atoms with Crippen LogP contribution in [-0.4, -0.2) is 90.9 Å². The molecule has 0 atom stereocenters. The molecule has 1 heterocycles. The molecule has 3 aromatic carbocycles. The summed E-state index contributed by atoms with van der Waals surface area (Å²) in [5.74, 6) is 1.33. The van der Waals surface area contributed by atoms with Crippen molar-refractivity contribution in [1.29, 1.82) is 0 Å². The van der Waals surface area contributed by atoms with Gasteiger partial charge in [-0.1, -0.05) is 109 Å². The van der Waals surface area contributed by atoms with Gasteiger partial charge in [-0.2, -0.15) is 0 Å². The Morgan fingerprint density at radius 2 is 1.35 bits per heavy atom. The zero-order valence-corrected chi connectivity index (χ0v) is 32.7. The Balaban J connectivity index is 0. The molecule has 3 aromatic rings. The molecule has 1 fully saturated rings. The summed E-state index contributed by atoms with van der Waals surface area (Å²) in [6.45, 7) is 25.8. The third-order valence-electron chi connectivity index (χ3n) is 6.79. The zero-order chi connectivity index (χ0) is 39.4. The maximum absolute atomic E-state index is 13.2. The summed E-state index contributed by atoms with van der Waals surface area (Å²) >= 11 is 6.60. The average Bonchev–Trinajstić information content (AvgIpc) is 3.12. The minimum absolute atomic E-state index is 0.00183. The van der Waals surface area contributed by atoms with Crippen LogP contribution in [0.15, 0.2) is 92.0 Å². The monoisotopic (exact) mass is 725 g/mol.